The van der Waals surface area contributed by atoms with Crippen LogP contribution in [0.2, 0.25) is 0 Å². The molecule has 0 atom stereocenters. The van der Waals surface area contributed by atoms with Crippen molar-refractivity contribution >= 4 is 6.72 Å². The normalized spacial score (nSPS) is 12.4. The SMILES string of the molecule is C=N/C=C\C(=C/C)COC. The van der Waals surface area contributed by atoms with Gasteiger partial charge in [-0.25, -0.2) is 0 Å². The van der Waals surface area contributed by atoms with Gasteiger partial charge in [-0.05, 0) is 25.3 Å². The van der Waals surface area contributed by atoms with Crippen LogP contribution in [-0.4, -0.2) is 20.4 Å². The van der Waals surface area contributed by atoms with Crippen LogP contribution in [0.1, 0.15) is 6.92 Å². The van der Waals surface area contributed by atoms with E-state index in [1.165, 1.54) is 0 Å². The fourth-order valence-corrected chi connectivity index (χ4v) is 0.543. The van der Waals surface area contributed by atoms with Gasteiger partial charge in [0.2, 0.25) is 0 Å². The van der Waals surface area contributed by atoms with Crippen molar-refractivity contribution < 1.29 is 4.74 Å². The Morgan fingerprint density at radius 3 is 2.80 bits per heavy atom. The van der Waals surface area contributed by atoms with E-state index in [1.807, 2.05) is 19.1 Å². The third-order valence-corrected chi connectivity index (χ3v) is 1.08. The van der Waals surface area contributed by atoms with Gasteiger partial charge in [-0.3, -0.25) is 4.99 Å². The molecule has 0 aliphatic rings. The Balaban J connectivity index is 3.84. The Morgan fingerprint density at radius 2 is 2.40 bits per heavy atom. The molecular formula is C8H13NO. The Bertz CT molecular complexity index is 147. The van der Waals surface area contributed by atoms with Crippen molar-refractivity contribution in [3.63, 3.8) is 0 Å². The van der Waals surface area contributed by atoms with Gasteiger partial charge >= 0.3 is 0 Å². The largest absolute Gasteiger partial charge is 0.380 e. The zero-order valence-corrected chi connectivity index (χ0v) is 6.50. The first kappa shape index (κ1) is 9.11. The van der Waals surface area contributed by atoms with Gasteiger partial charge in [0.05, 0.1) is 6.61 Å². The fraction of sp³-hybridized carbons (Fsp3) is 0.375. The number of allylic oxidation sites excluding steroid dienone is 1. The molecule has 0 saturated carbocycles. The molecule has 0 heterocycles. The first-order valence-corrected chi connectivity index (χ1v) is 3.11. The van der Waals surface area contributed by atoms with Crippen LogP contribution in [0.3, 0.4) is 0 Å². The monoisotopic (exact) mass is 139 g/mol. The lowest BCUT2D eigenvalue weighted by Crippen LogP contribution is -1.89. The van der Waals surface area contributed by atoms with Crippen LogP contribution >= 0.6 is 0 Å². The number of hydrogen-bond acceptors (Lipinski definition) is 2. The summed E-state index contributed by atoms with van der Waals surface area (Å²) in [5, 5.41) is 0. The molecule has 0 N–H and O–H groups in total. The van der Waals surface area contributed by atoms with Crippen molar-refractivity contribution in [2.24, 2.45) is 4.99 Å². The summed E-state index contributed by atoms with van der Waals surface area (Å²) in [5.74, 6) is 0. The minimum Gasteiger partial charge on any atom is -0.380 e. The van der Waals surface area contributed by atoms with Gasteiger partial charge < -0.3 is 4.74 Å². The molecule has 0 fully saturated rings. The van der Waals surface area contributed by atoms with Crippen LogP contribution < -0.4 is 0 Å². The van der Waals surface area contributed by atoms with Gasteiger partial charge in [-0.2, -0.15) is 0 Å². The van der Waals surface area contributed by atoms with Gasteiger partial charge in [-0.1, -0.05) is 6.08 Å². The van der Waals surface area contributed by atoms with Crippen molar-refractivity contribution in [2.45, 2.75) is 6.92 Å². The summed E-state index contributed by atoms with van der Waals surface area (Å²) in [5.41, 5.74) is 1.11. The zero-order chi connectivity index (χ0) is 7.82. The zero-order valence-electron chi connectivity index (χ0n) is 6.50. The van der Waals surface area contributed by atoms with Crippen LogP contribution in [0.25, 0.3) is 0 Å². The van der Waals surface area contributed by atoms with Crippen molar-refractivity contribution in [2.75, 3.05) is 13.7 Å². The lowest BCUT2D eigenvalue weighted by Gasteiger charge is -1.96. The van der Waals surface area contributed by atoms with Crippen LogP contribution in [-0.2, 0) is 4.74 Å². The smallest absolute Gasteiger partial charge is 0.0710 e. The summed E-state index contributed by atoms with van der Waals surface area (Å²) in [6.45, 7) is 5.91. The minimum absolute atomic E-state index is 0.628. The lowest BCUT2D eigenvalue weighted by molar-refractivity contribution is 0.228. The van der Waals surface area contributed by atoms with E-state index >= 15 is 0 Å². The highest BCUT2D eigenvalue weighted by Crippen LogP contribution is 1.96. The maximum absolute atomic E-state index is 4.91. The maximum Gasteiger partial charge on any atom is 0.0710 e. The van der Waals surface area contributed by atoms with E-state index in [9.17, 15) is 0 Å². The van der Waals surface area contributed by atoms with E-state index in [2.05, 4.69) is 11.7 Å². The van der Waals surface area contributed by atoms with Crippen LogP contribution in [0.15, 0.2) is 28.9 Å². The van der Waals surface area contributed by atoms with E-state index in [0.29, 0.717) is 6.61 Å². The summed E-state index contributed by atoms with van der Waals surface area (Å²) in [7, 11) is 1.67. The minimum atomic E-state index is 0.628. The highest BCUT2D eigenvalue weighted by atomic mass is 16.5. The summed E-state index contributed by atoms with van der Waals surface area (Å²) < 4.78 is 4.91. The number of methoxy groups -OCH3 is 1. The van der Waals surface area contributed by atoms with E-state index in [0.717, 1.165) is 5.57 Å². The number of nitrogens with zero attached hydrogens (tertiary/aromatic N) is 1. The Kier molecular flexibility index (Phi) is 5.68. The third-order valence-electron chi connectivity index (χ3n) is 1.08. The molecule has 10 heavy (non-hydrogen) atoms. The van der Waals surface area contributed by atoms with E-state index in [4.69, 9.17) is 4.74 Å². The first-order chi connectivity index (χ1) is 4.85. The molecule has 0 saturated heterocycles. The van der Waals surface area contributed by atoms with Gasteiger partial charge in [0, 0.05) is 13.3 Å². The predicted octanol–water partition coefficient (Wildman–Crippen LogP) is 1.79. The molecule has 0 unspecified atom stereocenters. The second kappa shape index (κ2) is 6.23. The van der Waals surface area contributed by atoms with Gasteiger partial charge in [-0.15, -0.1) is 0 Å². The molecule has 0 amide bonds. The van der Waals surface area contributed by atoms with E-state index in [-0.39, 0.29) is 0 Å². The van der Waals surface area contributed by atoms with Gasteiger partial charge in [0.15, 0.2) is 0 Å². The average molecular weight is 139 g/mol. The average Bonchev–Trinajstić information content (AvgIpc) is 1.98. The predicted molar refractivity (Wildman–Crippen MR) is 44.3 cm³/mol. The van der Waals surface area contributed by atoms with Crippen molar-refractivity contribution in [1.29, 1.82) is 0 Å². The highest BCUT2D eigenvalue weighted by Gasteiger charge is 1.85. The molecule has 0 aromatic rings. The van der Waals surface area contributed by atoms with Crippen LogP contribution in [0.5, 0.6) is 0 Å². The molecule has 0 aromatic heterocycles. The summed E-state index contributed by atoms with van der Waals surface area (Å²) >= 11 is 0. The first-order valence-electron chi connectivity index (χ1n) is 3.11. The lowest BCUT2D eigenvalue weighted by atomic mass is 10.3. The number of rotatable bonds is 4. The van der Waals surface area contributed by atoms with Crippen molar-refractivity contribution in [3.8, 4) is 0 Å². The van der Waals surface area contributed by atoms with Gasteiger partial charge in [0.25, 0.3) is 0 Å². The topological polar surface area (TPSA) is 21.6 Å². The van der Waals surface area contributed by atoms with Crippen LogP contribution in [0, 0.1) is 0 Å². The molecule has 0 bridgehead atoms. The molecule has 0 aliphatic heterocycles. The molecule has 0 aromatic carbocycles. The molecule has 0 spiro atoms. The van der Waals surface area contributed by atoms with Crippen LogP contribution in [0.4, 0.5) is 0 Å². The Morgan fingerprint density at radius 1 is 1.70 bits per heavy atom. The Hall–Kier alpha value is -0.890. The molecular weight excluding hydrogens is 126 g/mol. The van der Waals surface area contributed by atoms with E-state index < -0.39 is 0 Å². The summed E-state index contributed by atoms with van der Waals surface area (Å²) in [6.07, 6.45) is 5.50. The van der Waals surface area contributed by atoms with E-state index in [1.54, 1.807) is 13.3 Å². The second-order valence-corrected chi connectivity index (χ2v) is 1.79. The molecule has 0 rings (SSSR count). The molecule has 0 radical (unpaired) electrons. The Labute approximate surface area is 61.9 Å². The number of hydrogen-bond donors (Lipinski definition) is 0. The quantitative estimate of drug-likeness (QED) is 0.430. The molecule has 0 aliphatic carbocycles. The fourth-order valence-electron chi connectivity index (χ4n) is 0.543. The number of ether oxygens (including phenoxy) is 1. The molecule has 2 heteroatoms. The standard InChI is InChI=1S/C8H13NO/c1-4-8(7-10-3)5-6-9-2/h4-6H,2,7H2,1,3H3/b6-5-,8-4+. The summed E-state index contributed by atoms with van der Waals surface area (Å²) in [6, 6.07) is 0. The van der Waals surface area contributed by atoms with Crippen molar-refractivity contribution in [3.05, 3.63) is 23.9 Å². The van der Waals surface area contributed by atoms with Gasteiger partial charge in [0.1, 0.15) is 0 Å². The van der Waals surface area contributed by atoms with Crippen molar-refractivity contribution in [1.82, 2.24) is 0 Å². The highest BCUT2D eigenvalue weighted by molar-refractivity contribution is 5.27. The molecule has 56 valence electrons. The summed E-state index contributed by atoms with van der Waals surface area (Å²) in [4.78, 5) is 3.58. The third kappa shape index (κ3) is 4.04. The second-order valence-electron chi connectivity index (χ2n) is 1.79. The maximum atomic E-state index is 4.91. The number of aliphatic imine (C=N–C) groups is 1. The molecule has 2 nitrogen and oxygen atoms in total.